The number of fused-ring (bicyclic) bond motifs is 1. The molecule has 2 aromatic heterocycles. The van der Waals surface area contributed by atoms with Crippen molar-refractivity contribution in [3.63, 3.8) is 0 Å². The Kier molecular flexibility index (Phi) is 5.95. The van der Waals surface area contributed by atoms with Crippen molar-refractivity contribution in [2.45, 2.75) is 26.4 Å². The number of pyridine rings is 2. The molecule has 170 valence electrons. The van der Waals surface area contributed by atoms with Crippen LogP contribution in [0.5, 0.6) is 0 Å². The Labute approximate surface area is 198 Å². The molecule has 2 aromatic carbocycles. The number of aryl methyl sites for hydroxylation is 1. The van der Waals surface area contributed by atoms with Gasteiger partial charge in [-0.15, -0.1) is 0 Å². The molecule has 0 fully saturated rings. The predicted octanol–water partition coefficient (Wildman–Crippen LogP) is 4.24. The molecule has 34 heavy (non-hydrogen) atoms. The Bertz CT molecular complexity index is 1390. The van der Waals surface area contributed by atoms with E-state index < -0.39 is 11.5 Å². The maximum Gasteiger partial charge on any atom is 0.261 e. The average molecular weight is 451 g/mol. The molecule has 3 heterocycles. The summed E-state index contributed by atoms with van der Waals surface area (Å²) < 4.78 is 0. The molecule has 0 atom stereocenters. The van der Waals surface area contributed by atoms with Gasteiger partial charge >= 0.3 is 0 Å². The van der Waals surface area contributed by atoms with Crippen molar-refractivity contribution >= 4 is 11.7 Å². The van der Waals surface area contributed by atoms with E-state index in [-0.39, 0.29) is 5.56 Å². The van der Waals surface area contributed by atoms with Crippen molar-refractivity contribution in [3.8, 4) is 11.3 Å². The Morgan fingerprint density at radius 1 is 1.03 bits per heavy atom. The van der Waals surface area contributed by atoms with Crippen molar-refractivity contribution in [1.82, 2.24) is 15.3 Å². The van der Waals surface area contributed by atoms with Crippen LogP contribution in [-0.2, 0) is 19.5 Å². The van der Waals surface area contributed by atoms with Crippen LogP contribution in [-0.4, -0.2) is 22.4 Å². The highest BCUT2D eigenvalue weighted by molar-refractivity contribution is 5.94. The highest BCUT2D eigenvalue weighted by Gasteiger charge is 2.17. The average Bonchev–Trinajstić information content (AvgIpc) is 2.87. The number of hydrogen-bond donors (Lipinski definition) is 2. The second kappa shape index (κ2) is 9.35. The van der Waals surface area contributed by atoms with E-state index in [4.69, 9.17) is 0 Å². The lowest BCUT2D eigenvalue weighted by molar-refractivity contribution is 0.0949. The lowest BCUT2D eigenvalue weighted by Gasteiger charge is -2.29. The fourth-order valence-electron chi connectivity index (χ4n) is 4.31. The first kappa shape index (κ1) is 21.6. The van der Waals surface area contributed by atoms with Crippen LogP contribution in [0.25, 0.3) is 11.3 Å². The number of carbonyl (C=O) groups excluding carboxylic acids is 1. The second-order valence-corrected chi connectivity index (χ2v) is 8.63. The molecule has 2 N–H and O–H groups in total. The van der Waals surface area contributed by atoms with Gasteiger partial charge in [-0.05, 0) is 59.9 Å². The maximum atomic E-state index is 12.6. The van der Waals surface area contributed by atoms with E-state index in [0.29, 0.717) is 12.2 Å². The number of anilines is 1. The van der Waals surface area contributed by atoms with Crippen molar-refractivity contribution < 1.29 is 4.79 Å². The summed E-state index contributed by atoms with van der Waals surface area (Å²) in [5.74, 6) is 0.515. The number of rotatable bonds is 5. The molecule has 6 heteroatoms. The molecule has 0 bridgehead atoms. The topological polar surface area (TPSA) is 78.1 Å². The zero-order valence-electron chi connectivity index (χ0n) is 19.0. The Morgan fingerprint density at radius 2 is 1.88 bits per heavy atom. The molecule has 6 nitrogen and oxygen atoms in total. The largest absolute Gasteiger partial charge is 0.352 e. The SMILES string of the molecule is Cc1cccc(-c2ccc(C(=O)NCc3ccc(N4CCc5ccccc5C4)nc3)c(=O)[nH]2)c1. The number of aromatic amines is 1. The van der Waals surface area contributed by atoms with Gasteiger partial charge in [0.25, 0.3) is 11.5 Å². The summed E-state index contributed by atoms with van der Waals surface area (Å²) in [6.45, 7) is 4.08. The fourth-order valence-corrected chi connectivity index (χ4v) is 4.31. The maximum absolute atomic E-state index is 12.6. The molecule has 0 saturated heterocycles. The number of carbonyl (C=O) groups is 1. The summed E-state index contributed by atoms with van der Waals surface area (Å²) in [5.41, 5.74) is 6.00. The molecule has 0 saturated carbocycles. The van der Waals surface area contributed by atoms with E-state index in [1.807, 2.05) is 43.3 Å². The van der Waals surface area contributed by atoms with Gasteiger partial charge < -0.3 is 15.2 Å². The van der Waals surface area contributed by atoms with Gasteiger partial charge in [0.15, 0.2) is 0 Å². The monoisotopic (exact) mass is 450 g/mol. The normalized spacial score (nSPS) is 12.8. The van der Waals surface area contributed by atoms with Crippen molar-refractivity contribution in [3.05, 3.63) is 117 Å². The van der Waals surface area contributed by atoms with Crippen LogP contribution in [0.1, 0.15) is 32.6 Å². The van der Waals surface area contributed by atoms with E-state index in [1.54, 1.807) is 18.3 Å². The van der Waals surface area contributed by atoms with Crippen LogP contribution in [0.2, 0.25) is 0 Å². The summed E-state index contributed by atoms with van der Waals surface area (Å²) in [6.07, 6.45) is 2.79. The smallest absolute Gasteiger partial charge is 0.261 e. The fraction of sp³-hybridized carbons (Fsp3) is 0.179. The molecular formula is C28H26N4O2. The molecule has 0 aliphatic carbocycles. The molecule has 1 amide bonds. The third kappa shape index (κ3) is 4.62. The van der Waals surface area contributed by atoms with E-state index in [2.05, 4.69) is 44.5 Å². The molecule has 1 aliphatic heterocycles. The highest BCUT2D eigenvalue weighted by Crippen LogP contribution is 2.23. The van der Waals surface area contributed by atoms with Crippen molar-refractivity contribution in [2.75, 3.05) is 11.4 Å². The Balaban J connectivity index is 1.22. The van der Waals surface area contributed by atoms with Crippen LogP contribution < -0.4 is 15.8 Å². The summed E-state index contributed by atoms with van der Waals surface area (Å²) in [4.78, 5) is 34.8. The van der Waals surface area contributed by atoms with E-state index in [0.717, 1.165) is 42.0 Å². The summed E-state index contributed by atoms with van der Waals surface area (Å²) >= 11 is 0. The zero-order valence-corrected chi connectivity index (χ0v) is 19.0. The predicted molar refractivity (Wildman–Crippen MR) is 134 cm³/mol. The lowest BCUT2D eigenvalue weighted by atomic mass is 10.00. The van der Waals surface area contributed by atoms with Crippen LogP contribution in [0, 0.1) is 6.92 Å². The number of amides is 1. The number of nitrogens with zero attached hydrogens (tertiary/aromatic N) is 2. The van der Waals surface area contributed by atoms with Crippen LogP contribution in [0.3, 0.4) is 0 Å². The third-order valence-corrected chi connectivity index (χ3v) is 6.20. The number of hydrogen-bond acceptors (Lipinski definition) is 4. The van der Waals surface area contributed by atoms with Crippen molar-refractivity contribution in [1.29, 1.82) is 0 Å². The van der Waals surface area contributed by atoms with Gasteiger partial charge in [-0.1, -0.05) is 54.1 Å². The van der Waals surface area contributed by atoms with Crippen LogP contribution >= 0.6 is 0 Å². The minimum atomic E-state index is -0.409. The van der Waals surface area contributed by atoms with Gasteiger partial charge in [0.2, 0.25) is 0 Å². The number of nitrogens with one attached hydrogen (secondary N) is 2. The molecule has 1 aliphatic rings. The summed E-state index contributed by atoms with van der Waals surface area (Å²) in [6, 6.07) is 23.6. The van der Waals surface area contributed by atoms with Crippen LogP contribution in [0.15, 0.2) is 83.8 Å². The van der Waals surface area contributed by atoms with Crippen molar-refractivity contribution in [2.24, 2.45) is 0 Å². The lowest BCUT2D eigenvalue weighted by Crippen LogP contribution is -2.31. The first-order valence-corrected chi connectivity index (χ1v) is 11.4. The third-order valence-electron chi connectivity index (χ3n) is 6.20. The second-order valence-electron chi connectivity index (χ2n) is 8.63. The van der Waals surface area contributed by atoms with Gasteiger partial charge in [-0.2, -0.15) is 0 Å². The first-order valence-electron chi connectivity index (χ1n) is 11.4. The minimum absolute atomic E-state index is 0.0907. The Morgan fingerprint density at radius 3 is 2.65 bits per heavy atom. The summed E-state index contributed by atoms with van der Waals surface area (Å²) in [7, 11) is 0. The van der Waals surface area contributed by atoms with E-state index in [9.17, 15) is 9.59 Å². The molecule has 0 unspecified atom stereocenters. The Hall–Kier alpha value is -4.19. The van der Waals surface area contributed by atoms with E-state index in [1.165, 1.54) is 11.1 Å². The molecule has 5 rings (SSSR count). The van der Waals surface area contributed by atoms with Gasteiger partial charge in [0, 0.05) is 31.5 Å². The number of aromatic nitrogens is 2. The number of H-pyrrole nitrogens is 1. The minimum Gasteiger partial charge on any atom is -0.352 e. The zero-order chi connectivity index (χ0) is 23.5. The molecule has 4 aromatic rings. The van der Waals surface area contributed by atoms with Gasteiger partial charge in [-0.25, -0.2) is 4.98 Å². The molecule has 0 spiro atoms. The first-order chi connectivity index (χ1) is 16.6. The quantitative estimate of drug-likeness (QED) is 0.477. The molecule has 0 radical (unpaired) electrons. The van der Waals surface area contributed by atoms with E-state index >= 15 is 0 Å². The number of benzene rings is 2. The van der Waals surface area contributed by atoms with Crippen LogP contribution in [0.4, 0.5) is 5.82 Å². The standard InChI is InChI=1S/C28H26N4O2/c1-19-5-4-8-22(15-19)25-11-10-24(28(34)31-25)27(33)30-17-20-9-12-26(29-16-20)32-14-13-21-6-2-3-7-23(21)18-32/h2-12,15-16H,13-14,17-18H2,1H3,(H,30,33)(H,31,34). The summed E-state index contributed by atoms with van der Waals surface area (Å²) in [5, 5.41) is 2.82. The molecular weight excluding hydrogens is 424 g/mol. The van der Waals surface area contributed by atoms with Gasteiger partial charge in [0.05, 0.1) is 0 Å². The van der Waals surface area contributed by atoms with Gasteiger partial charge in [-0.3, -0.25) is 9.59 Å². The van der Waals surface area contributed by atoms with Gasteiger partial charge in [0.1, 0.15) is 11.4 Å². The highest BCUT2D eigenvalue weighted by atomic mass is 16.2.